The standard InChI is InChI=1S/C10H14N2O3S/c1-6-3-2-4-7(6)9-11-12-10(15-9)16-5-8(13)14/h6-7H,2-5H2,1H3,(H,13,14). The van der Waals surface area contributed by atoms with E-state index in [0.29, 0.717) is 22.9 Å². The van der Waals surface area contributed by atoms with Gasteiger partial charge in [-0.1, -0.05) is 25.1 Å². The van der Waals surface area contributed by atoms with Crippen molar-refractivity contribution in [1.82, 2.24) is 10.2 Å². The Morgan fingerprint density at radius 1 is 1.56 bits per heavy atom. The molecule has 0 amide bonds. The van der Waals surface area contributed by atoms with Gasteiger partial charge in [0.15, 0.2) is 0 Å². The minimum atomic E-state index is -0.876. The van der Waals surface area contributed by atoms with Gasteiger partial charge in [-0.05, 0) is 18.8 Å². The summed E-state index contributed by atoms with van der Waals surface area (Å²) in [7, 11) is 0. The number of hydrogen-bond donors (Lipinski definition) is 1. The van der Waals surface area contributed by atoms with Gasteiger partial charge in [-0.2, -0.15) is 0 Å². The molecular formula is C10H14N2O3S. The van der Waals surface area contributed by atoms with Gasteiger partial charge in [-0.25, -0.2) is 0 Å². The Hall–Kier alpha value is -1.04. The van der Waals surface area contributed by atoms with Gasteiger partial charge in [0.2, 0.25) is 5.89 Å². The second-order valence-corrected chi connectivity index (χ2v) is 5.03. The fraction of sp³-hybridized carbons (Fsp3) is 0.700. The average molecular weight is 242 g/mol. The Bertz CT molecular complexity index is 380. The van der Waals surface area contributed by atoms with Crippen LogP contribution in [0.2, 0.25) is 0 Å². The van der Waals surface area contributed by atoms with Crippen LogP contribution in [-0.4, -0.2) is 27.0 Å². The Balaban J connectivity index is 1.99. The highest BCUT2D eigenvalue weighted by molar-refractivity contribution is 7.99. The SMILES string of the molecule is CC1CCCC1c1nnc(SCC(=O)O)o1. The lowest BCUT2D eigenvalue weighted by Crippen LogP contribution is -2.02. The molecule has 0 radical (unpaired) electrons. The molecule has 1 heterocycles. The molecule has 0 spiro atoms. The number of hydrogen-bond acceptors (Lipinski definition) is 5. The van der Waals surface area contributed by atoms with Crippen LogP contribution in [0.25, 0.3) is 0 Å². The predicted octanol–water partition coefficient (Wildman–Crippen LogP) is 2.15. The fourth-order valence-corrected chi connectivity index (χ4v) is 2.55. The zero-order valence-corrected chi connectivity index (χ0v) is 9.87. The third-order valence-corrected chi connectivity index (χ3v) is 3.72. The third kappa shape index (κ3) is 2.55. The normalized spacial score (nSPS) is 24.8. The number of carboxylic acids is 1. The summed E-state index contributed by atoms with van der Waals surface area (Å²) in [5.74, 6) is 0.684. The highest BCUT2D eigenvalue weighted by Crippen LogP contribution is 2.39. The third-order valence-electron chi connectivity index (χ3n) is 2.92. The zero-order chi connectivity index (χ0) is 11.5. The van der Waals surface area contributed by atoms with E-state index in [1.807, 2.05) is 0 Å². The van der Waals surface area contributed by atoms with Crippen molar-refractivity contribution >= 4 is 17.7 Å². The lowest BCUT2D eigenvalue weighted by molar-refractivity contribution is -0.133. The van der Waals surface area contributed by atoms with Crippen molar-refractivity contribution in [1.29, 1.82) is 0 Å². The van der Waals surface area contributed by atoms with E-state index in [2.05, 4.69) is 17.1 Å². The van der Waals surface area contributed by atoms with Gasteiger partial charge < -0.3 is 9.52 Å². The molecule has 1 aliphatic rings. The van der Waals surface area contributed by atoms with Gasteiger partial charge in [0, 0.05) is 5.92 Å². The van der Waals surface area contributed by atoms with Gasteiger partial charge >= 0.3 is 5.97 Å². The summed E-state index contributed by atoms with van der Waals surface area (Å²) < 4.78 is 5.47. The summed E-state index contributed by atoms with van der Waals surface area (Å²) in [6, 6.07) is 0. The molecule has 5 nitrogen and oxygen atoms in total. The van der Waals surface area contributed by atoms with Gasteiger partial charge in [-0.3, -0.25) is 4.79 Å². The van der Waals surface area contributed by atoms with Crippen LogP contribution in [0.15, 0.2) is 9.64 Å². The van der Waals surface area contributed by atoms with Crippen LogP contribution in [0.3, 0.4) is 0 Å². The van der Waals surface area contributed by atoms with Crippen LogP contribution < -0.4 is 0 Å². The second-order valence-electron chi connectivity index (χ2n) is 4.10. The van der Waals surface area contributed by atoms with Crippen molar-refractivity contribution in [3.63, 3.8) is 0 Å². The topological polar surface area (TPSA) is 76.2 Å². The first-order valence-electron chi connectivity index (χ1n) is 5.35. The van der Waals surface area contributed by atoms with Crippen molar-refractivity contribution in [3.8, 4) is 0 Å². The number of carboxylic acid groups (broad SMARTS) is 1. The molecule has 1 aliphatic carbocycles. The first-order valence-corrected chi connectivity index (χ1v) is 6.33. The first-order chi connectivity index (χ1) is 7.66. The van der Waals surface area contributed by atoms with Crippen LogP contribution in [-0.2, 0) is 4.79 Å². The van der Waals surface area contributed by atoms with E-state index < -0.39 is 5.97 Å². The molecule has 0 aromatic carbocycles. The molecule has 2 unspecified atom stereocenters. The number of thioether (sulfide) groups is 1. The minimum absolute atomic E-state index is 0.0398. The smallest absolute Gasteiger partial charge is 0.314 e. The van der Waals surface area contributed by atoms with Crippen molar-refractivity contribution < 1.29 is 14.3 Å². The molecule has 1 N–H and O–H groups in total. The molecule has 1 saturated carbocycles. The second kappa shape index (κ2) is 4.86. The van der Waals surface area contributed by atoms with Gasteiger partial charge in [0.05, 0.1) is 0 Å². The largest absolute Gasteiger partial charge is 0.481 e. The molecule has 88 valence electrons. The molecule has 2 rings (SSSR count). The van der Waals surface area contributed by atoms with Crippen LogP contribution in [0.4, 0.5) is 0 Å². The van der Waals surface area contributed by atoms with Gasteiger partial charge in [0.1, 0.15) is 5.75 Å². The summed E-state index contributed by atoms with van der Waals surface area (Å²) in [4.78, 5) is 10.4. The summed E-state index contributed by atoms with van der Waals surface area (Å²) in [6.45, 7) is 2.19. The van der Waals surface area contributed by atoms with Crippen LogP contribution >= 0.6 is 11.8 Å². The fourth-order valence-electron chi connectivity index (χ4n) is 2.06. The summed E-state index contributed by atoms with van der Waals surface area (Å²) in [5, 5.41) is 16.7. The maximum Gasteiger partial charge on any atom is 0.314 e. The van der Waals surface area contributed by atoms with Gasteiger partial charge in [0.25, 0.3) is 5.22 Å². The Labute approximate surface area is 97.6 Å². The van der Waals surface area contributed by atoms with Crippen LogP contribution in [0.1, 0.15) is 38.0 Å². The van der Waals surface area contributed by atoms with E-state index in [1.54, 1.807) is 0 Å². The predicted molar refractivity (Wildman–Crippen MR) is 58.4 cm³/mol. The van der Waals surface area contributed by atoms with Gasteiger partial charge in [-0.15, -0.1) is 10.2 Å². The molecule has 0 saturated heterocycles. The van der Waals surface area contributed by atoms with E-state index in [-0.39, 0.29) is 5.75 Å². The lowest BCUT2D eigenvalue weighted by Gasteiger charge is -2.08. The van der Waals surface area contributed by atoms with E-state index in [9.17, 15) is 4.79 Å². The molecular weight excluding hydrogens is 228 g/mol. The Kier molecular flexibility index (Phi) is 3.48. The number of rotatable bonds is 4. The molecule has 2 atom stereocenters. The zero-order valence-electron chi connectivity index (χ0n) is 9.05. The van der Waals surface area contributed by atoms with E-state index in [4.69, 9.17) is 9.52 Å². The van der Waals surface area contributed by atoms with Crippen LogP contribution in [0.5, 0.6) is 0 Å². The van der Waals surface area contributed by atoms with E-state index in [1.165, 1.54) is 12.8 Å². The van der Waals surface area contributed by atoms with Crippen molar-refractivity contribution in [2.45, 2.75) is 37.3 Å². The van der Waals surface area contributed by atoms with Crippen LogP contribution in [0, 0.1) is 5.92 Å². The van der Waals surface area contributed by atoms with Crippen molar-refractivity contribution in [2.24, 2.45) is 5.92 Å². The van der Waals surface area contributed by atoms with Crippen molar-refractivity contribution in [3.05, 3.63) is 5.89 Å². The van der Waals surface area contributed by atoms with Crippen molar-refractivity contribution in [2.75, 3.05) is 5.75 Å². The molecule has 0 aliphatic heterocycles. The molecule has 1 fully saturated rings. The number of nitrogens with zero attached hydrogens (tertiary/aromatic N) is 2. The molecule has 0 bridgehead atoms. The maximum absolute atomic E-state index is 10.4. The molecule has 1 aromatic rings. The highest BCUT2D eigenvalue weighted by Gasteiger charge is 2.29. The first kappa shape index (κ1) is 11.4. The molecule has 6 heteroatoms. The summed E-state index contributed by atoms with van der Waals surface area (Å²) in [6.07, 6.45) is 3.49. The summed E-state index contributed by atoms with van der Waals surface area (Å²) in [5.41, 5.74) is 0. The number of aromatic nitrogens is 2. The highest BCUT2D eigenvalue weighted by atomic mass is 32.2. The van der Waals surface area contributed by atoms with E-state index >= 15 is 0 Å². The molecule has 16 heavy (non-hydrogen) atoms. The lowest BCUT2D eigenvalue weighted by atomic mass is 9.98. The number of carbonyl (C=O) groups is 1. The molecule has 1 aromatic heterocycles. The maximum atomic E-state index is 10.4. The monoisotopic (exact) mass is 242 g/mol. The Morgan fingerprint density at radius 3 is 3.00 bits per heavy atom. The summed E-state index contributed by atoms with van der Waals surface area (Å²) >= 11 is 1.07. The van der Waals surface area contributed by atoms with E-state index in [0.717, 1.165) is 18.2 Å². The number of aliphatic carboxylic acids is 1. The quantitative estimate of drug-likeness (QED) is 0.815. The minimum Gasteiger partial charge on any atom is -0.481 e. The Morgan fingerprint density at radius 2 is 2.38 bits per heavy atom. The average Bonchev–Trinajstić information content (AvgIpc) is 2.83.